The predicted octanol–water partition coefficient (Wildman–Crippen LogP) is 5.07. The first-order valence-corrected chi connectivity index (χ1v) is 9.26. The second-order valence-corrected chi connectivity index (χ2v) is 8.76. The van der Waals surface area contributed by atoms with Crippen LogP contribution in [0.3, 0.4) is 0 Å². The summed E-state index contributed by atoms with van der Waals surface area (Å²) in [5, 5.41) is 1.70. The van der Waals surface area contributed by atoms with E-state index >= 15 is 0 Å². The van der Waals surface area contributed by atoms with E-state index in [1.54, 1.807) is 5.30 Å². The Morgan fingerprint density at radius 2 is 1.17 bits per heavy atom. The topological polar surface area (TPSA) is 0 Å². The second kappa shape index (κ2) is 6.20. The molecular weight excluding hydrogens is 235 g/mol. The molecule has 18 heavy (non-hydrogen) atoms. The van der Waals surface area contributed by atoms with E-state index in [9.17, 15) is 0 Å². The number of benzene rings is 1. The Kier molecular flexibility index (Phi) is 4.36. The summed E-state index contributed by atoms with van der Waals surface area (Å²) in [6.45, 7) is 0. The van der Waals surface area contributed by atoms with E-state index in [1.807, 2.05) is 0 Å². The van der Waals surface area contributed by atoms with Gasteiger partial charge in [0.15, 0.2) is 0 Å². The molecule has 1 unspecified atom stereocenters. The maximum Gasteiger partial charge on any atom is -0.0166 e. The molecular formula is C17H25P. The second-order valence-electron chi connectivity index (χ2n) is 5.97. The van der Waals surface area contributed by atoms with Gasteiger partial charge in [-0.05, 0) is 42.3 Å². The van der Waals surface area contributed by atoms with Gasteiger partial charge in [0.05, 0.1) is 0 Å². The Morgan fingerprint density at radius 1 is 0.667 bits per heavy atom. The molecule has 2 aliphatic carbocycles. The van der Waals surface area contributed by atoms with Crippen molar-refractivity contribution in [3.8, 4) is 0 Å². The quantitative estimate of drug-likeness (QED) is 0.666. The fourth-order valence-electron chi connectivity index (χ4n) is 3.86. The van der Waals surface area contributed by atoms with Crippen LogP contribution < -0.4 is 5.30 Å². The summed E-state index contributed by atoms with van der Waals surface area (Å²) in [6.07, 6.45) is 13.5. The normalized spacial score (nSPS) is 24.2. The minimum atomic E-state index is 0.125. The summed E-state index contributed by atoms with van der Waals surface area (Å²) < 4.78 is 0. The van der Waals surface area contributed by atoms with Crippen molar-refractivity contribution in [1.29, 1.82) is 0 Å². The molecule has 0 bridgehead atoms. The summed E-state index contributed by atoms with van der Waals surface area (Å²) >= 11 is 0. The highest BCUT2D eigenvalue weighted by Gasteiger charge is 2.32. The van der Waals surface area contributed by atoms with E-state index in [0.29, 0.717) is 0 Å². The van der Waals surface area contributed by atoms with Crippen LogP contribution >= 0.6 is 7.92 Å². The van der Waals surface area contributed by atoms with Crippen molar-refractivity contribution in [2.45, 2.75) is 69.1 Å². The fourth-order valence-corrected chi connectivity index (χ4v) is 7.66. The average molecular weight is 260 g/mol. The molecule has 0 spiro atoms. The molecule has 1 aromatic rings. The maximum absolute atomic E-state index is 2.42. The van der Waals surface area contributed by atoms with Gasteiger partial charge in [-0.1, -0.05) is 70.4 Å². The Morgan fingerprint density at radius 3 is 1.72 bits per heavy atom. The molecule has 1 aromatic carbocycles. The van der Waals surface area contributed by atoms with Gasteiger partial charge in [0.1, 0.15) is 0 Å². The van der Waals surface area contributed by atoms with Crippen LogP contribution in [0.25, 0.3) is 0 Å². The Hall–Kier alpha value is -0.350. The lowest BCUT2D eigenvalue weighted by Gasteiger charge is -2.35. The Balaban J connectivity index is 1.82. The van der Waals surface area contributed by atoms with E-state index in [2.05, 4.69) is 30.3 Å². The van der Waals surface area contributed by atoms with E-state index in [1.165, 1.54) is 57.8 Å². The van der Waals surface area contributed by atoms with Crippen LogP contribution in [-0.2, 0) is 0 Å². The molecule has 1 atom stereocenters. The minimum Gasteiger partial charge on any atom is -0.0690 e. The van der Waals surface area contributed by atoms with Gasteiger partial charge in [0.2, 0.25) is 0 Å². The first-order valence-electron chi connectivity index (χ1n) is 7.78. The molecule has 0 aliphatic heterocycles. The van der Waals surface area contributed by atoms with Gasteiger partial charge >= 0.3 is 0 Å². The molecule has 0 aromatic heterocycles. The van der Waals surface area contributed by atoms with Gasteiger partial charge in [-0.15, -0.1) is 0 Å². The van der Waals surface area contributed by atoms with Crippen LogP contribution in [0.15, 0.2) is 30.3 Å². The van der Waals surface area contributed by atoms with Crippen molar-refractivity contribution in [2.24, 2.45) is 0 Å². The highest BCUT2D eigenvalue weighted by molar-refractivity contribution is 7.67. The highest BCUT2D eigenvalue weighted by atomic mass is 31.1. The van der Waals surface area contributed by atoms with Crippen molar-refractivity contribution < 1.29 is 0 Å². The molecule has 2 fully saturated rings. The first kappa shape index (κ1) is 12.7. The van der Waals surface area contributed by atoms with E-state index in [-0.39, 0.29) is 7.92 Å². The monoisotopic (exact) mass is 260 g/mol. The molecule has 2 saturated carbocycles. The number of rotatable bonds is 3. The van der Waals surface area contributed by atoms with E-state index in [4.69, 9.17) is 0 Å². The molecule has 0 heterocycles. The van der Waals surface area contributed by atoms with E-state index < -0.39 is 0 Å². The molecule has 0 saturated heterocycles. The van der Waals surface area contributed by atoms with Crippen LogP contribution in [0.5, 0.6) is 0 Å². The number of hydrogen-bond acceptors (Lipinski definition) is 0. The van der Waals surface area contributed by atoms with Crippen LogP contribution in [0.4, 0.5) is 0 Å². The average Bonchev–Trinajstić information content (AvgIpc) is 2.95. The van der Waals surface area contributed by atoms with Crippen molar-refractivity contribution in [2.75, 3.05) is 0 Å². The third-order valence-corrected chi connectivity index (χ3v) is 8.24. The van der Waals surface area contributed by atoms with Crippen LogP contribution in [0.1, 0.15) is 57.8 Å². The third-order valence-electron chi connectivity index (χ3n) is 4.74. The standard InChI is InChI=1S/C17H25P/c1-3-9-15(10-4-1)18(17-13-7-8-14-17)16-11-5-2-6-12-16/h1,3-4,9-10,16-17H,2,5-8,11-14H2. The van der Waals surface area contributed by atoms with Crippen molar-refractivity contribution in [3.05, 3.63) is 30.3 Å². The molecule has 0 radical (unpaired) electrons. The first-order chi connectivity index (χ1) is 8.95. The van der Waals surface area contributed by atoms with Crippen molar-refractivity contribution in [3.63, 3.8) is 0 Å². The molecule has 1 heteroatoms. The largest absolute Gasteiger partial charge is 0.0690 e. The Bertz CT molecular complexity index is 347. The van der Waals surface area contributed by atoms with E-state index in [0.717, 1.165) is 11.3 Å². The zero-order valence-corrected chi connectivity index (χ0v) is 12.2. The lowest BCUT2D eigenvalue weighted by Crippen LogP contribution is -2.23. The molecule has 2 aliphatic rings. The van der Waals surface area contributed by atoms with Gasteiger partial charge in [0, 0.05) is 0 Å². The maximum atomic E-state index is 2.42. The SMILES string of the molecule is c1ccc(P(C2CCCCC2)C2CCCC2)cc1. The summed E-state index contributed by atoms with van der Waals surface area (Å²) in [6, 6.07) is 11.5. The fraction of sp³-hybridized carbons (Fsp3) is 0.647. The minimum absolute atomic E-state index is 0.125. The van der Waals surface area contributed by atoms with Crippen LogP contribution in [0, 0.1) is 0 Å². The van der Waals surface area contributed by atoms with Crippen molar-refractivity contribution in [1.82, 2.24) is 0 Å². The molecule has 0 N–H and O–H groups in total. The van der Waals surface area contributed by atoms with Crippen LogP contribution in [0.2, 0.25) is 0 Å². The van der Waals surface area contributed by atoms with Gasteiger partial charge in [0.25, 0.3) is 0 Å². The molecule has 3 rings (SSSR count). The lowest BCUT2D eigenvalue weighted by atomic mass is 10.0. The smallest absolute Gasteiger partial charge is 0.0166 e. The summed E-state index contributed by atoms with van der Waals surface area (Å²) in [5.74, 6) is 0. The van der Waals surface area contributed by atoms with Gasteiger partial charge in [-0.25, -0.2) is 0 Å². The molecule has 0 nitrogen and oxygen atoms in total. The van der Waals surface area contributed by atoms with Gasteiger partial charge in [-0.2, -0.15) is 0 Å². The highest BCUT2D eigenvalue weighted by Crippen LogP contribution is 2.55. The predicted molar refractivity (Wildman–Crippen MR) is 82.1 cm³/mol. The summed E-state index contributed by atoms with van der Waals surface area (Å²) in [7, 11) is 0.125. The summed E-state index contributed by atoms with van der Waals surface area (Å²) in [4.78, 5) is 0. The zero-order valence-electron chi connectivity index (χ0n) is 11.4. The molecule has 98 valence electrons. The zero-order chi connectivity index (χ0) is 12.2. The van der Waals surface area contributed by atoms with Crippen LogP contribution in [-0.4, -0.2) is 11.3 Å². The Labute approximate surface area is 113 Å². The lowest BCUT2D eigenvalue weighted by molar-refractivity contribution is 0.509. The van der Waals surface area contributed by atoms with Gasteiger partial charge in [-0.3, -0.25) is 0 Å². The van der Waals surface area contributed by atoms with Gasteiger partial charge < -0.3 is 0 Å². The number of hydrogen-bond donors (Lipinski definition) is 0. The molecule has 0 amide bonds. The third kappa shape index (κ3) is 2.80. The summed E-state index contributed by atoms with van der Waals surface area (Å²) in [5.41, 5.74) is 2.09. The van der Waals surface area contributed by atoms with Crippen molar-refractivity contribution >= 4 is 13.2 Å².